The topological polar surface area (TPSA) is 60.9 Å². The van der Waals surface area contributed by atoms with E-state index in [4.69, 9.17) is 34.8 Å². The van der Waals surface area contributed by atoms with Crippen LogP contribution in [0, 0.1) is 5.92 Å². The molecule has 186 valence electrons. The number of nitrogens with zero attached hydrogens (tertiary/aromatic N) is 3. The number of amides is 3. The first-order valence-corrected chi connectivity index (χ1v) is 12.8. The molecule has 2 atom stereocenters. The van der Waals surface area contributed by atoms with Gasteiger partial charge in [0.25, 0.3) is 5.91 Å². The minimum absolute atomic E-state index is 0.0409. The maximum Gasteiger partial charge on any atom is 0.253 e. The molecule has 2 aliphatic heterocycles. The van der Waals surface area contributed by atoms with Gasteiger partial charge in [-0.15, -0.1) is 0 Å². The van der Waals surface area contributed by atoms with E-state index in [1.807, 2.05) is 17.0 Å². The summed E-state index contributed by atoms with van der Waals surface area (Å²) in [6.45, 7) is 3.64. The van der Waals surface area contributed by atoms with Gasteiger partial charge in [-0.3, -0.25) is 14.4 Å². The molecular formula is C26H28Cl3N3O3. The number of halogens is 3. The van der Waals surface area contributed by atoms with E-state index in [1.54, 1.807) is 54.1 Å². The zero-order valence-electron chi connectivity index (χ0n) is 19.7. The molecule has 0 spiro atoms. The summed E-state index contributed by atoms with van der Waals surface area (Å²) < 4.78 is 0. The van der Waals surface area contributed by atoms with Crippen LogP contribution in [0.5, 0.6) is 0 Å². The lowest BCUT2D eigenvalue weighted by molar-refractivity contribution is -0.139. The van der Waals surface area contributed by atoms with Gasteiger partial charge in [-0.1, -0.05) is 40.9 Å². The molecule has 35 heavy (non-hydrogen) atoms. The van der Waals surface area contributed by atoms with Gasteiger partial charge < -0.3 is 14.7 Å². The van der Waals surface area contributed by atoms with Gasteiger partial charge in [-0.2, -0.15) is 0 Å². The minimum atomic E-state index is -0.239. The fourth-order valence-corrected chi connectivity index (χ4v) is 5.51. The third kappa shape index (κ3) is 5.60. The highest BCUT2D eigenvalue weighted by Crippen LogP contribution is 2.36. The van der Waals surface area contributed by atoms with E-state index in [1.165, 1.54) is 0 Å². The standard InChI is InChI=1S/C26H28Cl3N3O3/c1-16(33)31-11-9-18(10-12-31)26(35)32-14-21(19-5-8-22(28)23(29)13-19)24(15-32)30(2)25(34)17-3-6-20(27)7-4-17/h3-8,13,18,21,24H,9-12,14-15H2,1-2H3/t21-,24-/m1/s1. The Hall–Kier alpha value is -2.28. The smallest absolute Gasteiger partial charge is 0.253 e. The molecule has 0 unspecified atom stereocenters. The largest absolute Gasteiger partial charge is 0.343 e. The third-order valence-corrected chi connectivity index (χ3v) is 8.16. The highest BCUT2D eigenvalue weighted by Gasteiger charge is 2.42. The maximum atomic E-state index is 13.5. The number of piperidine rings is 1. The molecule has 0 bridgehead atoms. The minimum Gasteiger partial charge on any atom is -0.343 e. The van der Waals surface area contributed by atoms with E-state index in [2.05, 4.69) is 0 Å². The molecule has 9 heteroatoms. The van der Waals surface area contributed by atoms with Crippen molar-refractivity contribution in [3.8, 4) is 0 Å². The predicted octanol–water partition coefficient (Wildman–Crippen LogP) is 4.97. The van der Waals surface area contributed by atoms with E-state index in [0.29, 0.717) is 59.7 Å². The number of likely N-dealkylation sites (N-methyl/N-ethyl adjacent to an activating group) is 1. The van der Waals surface area contributed by atoms with Crippen LogP contribution in [0.25, 0.3) is 0 Å². The summed E-state index contributed by atoms with van der Waals surface area (Å²) >= 11 is 18.5. The van der Waals surface area contributed by atoms with Crippen molar-refractivity contribution in [2.75, 3.05) is 33.2 Å². The second-order valence-corrected chi connectivity index (χ2v) is 10.5. The molecule has 3 amide bonds. The Bertz CT molecular complexity index is 1120. The molecule has 4 rings (SSSR count). The summed E-state index contributed by atoms with van der Waals surface area (Å²) in [6.07, 6.45) is 1.30. The van der Waals surface area contributed by atoms with E-state index >= 15 is 0 Å². The summed E-state index contributed by atoms with van der Waals surface area (Å²) in [6, 6.07) is 12.0. The normalized spacial score (nSPS) is 20.7. The van der Waals surface area contributed by atoms with Crippen molar-refractivity contribution in [1.29, 1.82) is 0 Å². The molecule has 6 nitrogen and oxygen atoms in total. The fraction of sp³-hybridized carbons (Fsp3) is 0.423. The molecular weight excluding hydrogens is 509 g/mol. The summed E-state index contributed by atoms with van der Waals surface area (Å²) in [5, 5.41) is 1.46. The Morgan fingerprint density at radius 2 is 1.54 bits per heavy atom. The zero-order valence-corrected chi connectivity index (χ0v) is 22.0. The number of carbonyl (C=O) groups excluding carboxylic acids is 3. The van der Waals surface area contributed by atoms with Crippen LogP contribution in [0.1, 0.15) is 41.6 Å². The van der Waals surface area contributed by atoms with Crippen LogP contribution in [0.3, 0.4) is 0 Å². The highest BCUT2D eigenvalue weighted by molar-refractivity contribution is 6.42. The summed E-state index contributed by atoms with van der Waals surface area (Å²) in [4.78, 5) is 43.8. The Kier molecular flexibility index (Phi) is 7.94. The van der Waals surface area contributed by atoms with Gasteiger partial charge in [-0.05, 0) is 54.8 Å². The van der Waals surface area contributed by atoms with Crippen LogP contribution < -0.4 is 0 Å². The Balaban J connectivity index is 1.57. The number of carbonyl (C=O) groups is 3. The van der Waals surface area contributed by atoms with Crippen LogP contribution in [0.15, 0.2) is 42.5 Å². The van der Waals surface area contributed by atoms with Crippen molar-refractivity contribution >= 4 is 52.5 Å². The second-order valence-electron chi connectivity index (χ2n) is 9.29. The summed E-state index contributed by atoms with van der Waals surface area (Å²) in [5.74, 6) is -0.267. The van der Waals surface area contributed by atoms with Gasteiger partial charge in [0.2, 0.25) is 11.8 Å². The molecule has 2 aromatic carbocycles. The fourth-order valence-electron chi connectivity index (χ4n) is 5.08. The Morgan fingerprint density at radius 3 is 2.14 bits per heavy atom. The lowest BCUT2D eigenvalue weighted by atomic mass is 9.93. The molecule has 0 saturated carbocycles. The van der Waals surface area contributed by atoms with Gasteiger partial charge in [0.1, 0.15) is 0 Å². The molecule has 0 aromatic heterocycles. The molecule has 0 N–H and O–H groups in total. The van der Waals surface area contributed by atoms with Crippen molar-refractivity contribution < 1.29 is 14.4 Å². The van der Waals surface area contributed by atoms with Crippen LogP contribution >= 0.6 is 34.8 Å². The average Bonchev–Trinajstić information content (AvgIpc) is 3.30. The highest BCUT2D eigenvalue weighted by atomic mass is 35.5. The maximum absolute atomic E-state index is 13.5. The summed E-state index contributed by atoms with van der Waals surface area (Å²) in [7, 11) is 1.77. The Labute approximate surface area is 220 Å². The van der Waals surface area contributed by atoms with Gasteiger partial charge in [0.05, 0.1) is 16.1 Å². The molecule has 2 aromatic rings. The van der Waals surface area contributed by atoms with Crippen LogP contribution in [-0.4, -0.2) is 71.7 Å². The SMILES string of the molecule is CC(=O)N1CCC(C(=O)N2C[C@H](c3ccc(Cl)c(Cl)c3)[C@H](N(C)C(=O)c3ccc(Cl)cc3)C2)CC1. The van der Waals surface area contributed by atoms with Crippen molar-refractivity contribution in [3.63, 3.8) is 0 Å². The number of hydrogen-bond donors (Lipinski definition) is 0. The molecule has 0 aliphatic carbocycles. The van der Waals surface area contributed by atoms with Crippen molar-refractivity contribution in [3.05, 3.63) is 68.7 Å². The van der Waals surface area contributed by atoms with E-state index in [0.717, 1.165) is 5.56 Å². The lowest BCUT2D eigenvalue weighted by Gasteiger charge is -2.33. The van der Waals surface area contributed by atoms with E-state index in [-0.39, 0.29) is 35.6 Å². The first kappa shape index (κ1) is 25.8. The van der Waals surface area contributed by atoms with E-state index < -0.39 is 0 Å². The molecule has 2 heterocycles. The first-order valence-electron chi connectivity index (χ1n) is 11.7. The number of rotatable bonds is 4. The molecule has 2 fully saturated rings. The quantitative estimate of drug-likeness (QED) is 0.554. The van der Waals surface area contributed by atoms with E-state index in [9.17, 15) is 14.4 Å². The summed E-state index contributed by atoms with van der Waals surface area (Å²) in [5.41, 5.74) is 1.47. The second kappa shape index (κ2) is 10.8. The molecule has 2 saturated heterocycles. The van der Waals surface area contributed by atoms with Crippen LogP contribution in [0.4, 0.5) is 0 Å². The number of hydrogen-bond acceptors (Lipinski definition) is 3. The van der Waals surface area contributed by atoms with Crippen molar-refractivity contribution in [1.82, 2.24) is 14.7 Å². The first-order chi connectivity index (χ1) is 16.7. The van der Waals surface area contributed by atoms with Crippen molar-refractivity contribution in [2.45, 2.75) is 31.7 Å². The van der Waals surface area contributed by atoms with Gasteiger partial charge in [0, 0.05) is 62.6 Å². The zero-order chi connectivity index (χ0) is 25.3. The van der Waals surface area contributed by atoms with Crippen molar-refractivity contribution in [2.24, 2.45) is 5.92 Å². The van der Waals surface area contributed by atoms with Gasteiger partial charge in [-0.25, -0.2) is 0 Å². The van der Waals surface area contributed by atoms with Gasteiger partial charge in [0.15, 0.2) is 0 Å². The Morgan fingerprint density at radius 1 is 0.886 bits per heavy atom. The third-order valence-electron chi connectivity index (χ3n) is 7.17. The van der Waals surface area contributed by atoms with Gasteiger partial charge >= 0.3 is 0 Å². The molecule has 2 aliphatic rings. The average molecular weight is 537 g/mol. The molecule has 0 radical (unpaired) electrons. The number of likely N-dealkylation sites (tertiary alicyclic amines) is 2. The lowest BCUT2D eigenvalue weighted by Crippen LogP contribution is -2.45. The van der Waals surface area contributed by atoms with Crippen LogP contribution in [-0.2, 0) is 9.59 Å². The van der Waals surface area contributed by atoms with Crippen LogP contribution in [0.2, 0.25) is 15.1 Å². The predicted molar refractivity (Wildman–Crippen MR) is 138 cm³/mol. The monoisotopic (exact) mass is 535 g/mol. The number of benzene rings is 2.